The first-order valence-corrected chi connectivity index (χ1v) is 13.3. The SMILES string of the molecule is C=NCc1cnc(-c2cnc(C(F)(F)F)nc2)cc1CNC(=O)[C@@H]1C2CC(C2)N1S(=O)(=O)c1ccc(F)cc1. The number of fused-ring (bicyclic) bond motifs is 1. The summed E-state index contributed by atoms with van der Waals surface area (Å²) in [6, 6.07) is 4.81. The molecule has 1 aliphatic carbocycles. The van der Waals surface area contributed by atoms with E-state index in [0.717, 1.165) is 24.5 Å². The highest BCUT2D eigenvalue weighted by atomic mass is 32.2. The van der Waals surface area contributed by atoms with Crippen LogP contribution in [-0.4, -0.2) is 52.4 Å². The Bertz CT molecular complexity index is 1510. The Hall–Kier alpha value is -3.78. The third kappa shape index (κ3) is 5.13. The maximum absolute atomic E-state index is 13.4. The summed E-state index contributed by atoms with van der Waals surface area (Å²) in [7, 11) is -4.04. The van der Waals surface area contributed by atoms with Crippen molar-refractivity contribution in [2.45, 2.75) is 49.1 Å². The Morgan fingerprint density at radius 2 is 1.74 bits per heavy atom. The van der Waals surface area contributed by atoms with Crippen LogP contribution in [-0.2, 0) is 34.1 Å². The lowest BCUT2D eigenvalue weighted by Gasteiger charge is -2.25. The molecule has 0 spiro atoms. The zero-order valence-electron chi connectivity index (χ0n) is 20.3. The second-order valence-electron chi connectivity index (χ2n) is 9.35. The minimum atomic E-state index is -4.68. The first kappa shape index (κ1) is 26.8. The zero-order valence-corrected chi connectivity index (χ0v) is 21.1. The number of halogens is 4. The third-order valence-electron chi connectivity index (χ3n) is 6.91. The number of nitrogens with zero attached hydrogens (tertiary/aromatic N) is 5. The van der Waals surface area contributed by atoms with E-state index in [2.05, 4.69) is 32.0 Å². The van der Waals surface area contributed by atoms with Gasteiger partial charge in [-0.15, -0.1) is 0 Å². The van der Waals surface area contributed by atoms with Crippen molar-refractivity contribution in [1.82, 2.24) is 24.6 Å². The molecule has 1 saturated carbocycles. The number of sulfonamides is 1. The molecule has 3 aliphatic rings. The average molecular weight is 563 g/mol. The number of carbonyl (C=O) groups is 1. The molecule has 2 aliphatic heterocycles. The summed E-state index contributed by atoms with van der Waals surface area (Å²) < 4.78 is 79.6. The van der Waals surface area contributed by atoms with Crippen LogP contribution in [0.25, 0.3) is 11.3 Å². The van der Waals surface area contributed by atoms with Crippen molar-refractivity contribution in [3.05, 3.63) is 71.7 Å². The van der Waals surface area contributed by atoms with Gasteiger partial charge in [-0.1, -0.05) is 0 Å². The first-order valence-electron chi connectivity index (χ1n) is 11.9. The summed E-state index contributed by atoms with van der Waals surface area (Å²) in [6.07, 6.45) is -0.0819. The summed E-state index contributed by atoms with van der Waals surface area (Å²) in [6.45, 7) is 3.62. The van der Waals surface area contributed by atoms with Gasteiger partial charge in [0.25, 0.3) is 0 Å². The zero-order chi connectivity index (χ0) is 27.9. The second kappa shape index (κ2) is 10.1. The van der Waals surface area contributed by atoms with Crippen LogP contribution in [0.5, 0.6) is 0 Å². The molecule has 2 bridgehead atoms. The van der Waals surface area contributed by atoms with E-state index in [9.17, 15) is 30.8 Å². The summed E-state index contributed by atoms with van der Waals surface area (Å²) in [5.41, 5.74) is 1.71. The molecule has 14 heteroatoms. The number of pyridine rings is 1. The van der Waals surface area contributed by atoms with Crippen LogP contribution in [0.3, 0.4) is 0 Å². The van der Waals surface area contributed by atoms with Crippen molar-refractivity contribution in [3.63, 3.8) is 0 Å². The van der Waals surface area contributed by atoms with Crippen molar-refractivity contribution < 1.29 is 30.8 Å². The van der Waals surface area contributed by atoms with Gasteiger partial charge in [0.05, 0.1) is 17.1 Å². The largest absolute Gasteiger partial charge is 0.451 e. The molecule has 3 fully saturated rings. The predicted molar refractivity (Wildman–Crippen MR) is 131 cm³/mol. The van der Waals surface area contributed by atoms with Crippen molar-refractivity contribution >= 4 is 22.6 Å². The van der Waals surface area contributed by atoms with Crippen molar-refractivity contribution in [2.24, 2.45) is 10.9 Å². The summed E-state index contributed by atoms with van der Waals surface area (Å²) in [5.74, 6) is -2.48. The molecule has 204 valence electrons. The smallest absolute Gasteiger partial charge is 0.351 e. The van der Waals surface area contributed by atoms with Gasteiger partial charge in [0.1, 0.15) is 11.9 Å². The van der Waals surface area contributed by atoms with Crippen LogP contribution < -0.4 is 5.32 Å². The van der Waals surface area contributed by atoms with Gasteiger partial charge < -0.3 is 5.32 Å². The number of hydrogen-bond donors (Lipinski definition) is 1. The Balaban J connectivity index is 1.36. The molecule has 1 N–H and O–H groups in total. The molecule has 2 saturated heterocycles. The van der Waals surface area contributed by atoms with Crippen LogP contribution in [0, 0.1) is 11.7 Å². The Kier molecular flexibility index (Phi) is 6.93. The molecule has 1 atom stereocenters. The molecule has 1 aromatic carbocycles. The fourth-order valence-corrected chi connectivity index (χ4v) is 6.79. The lowest BCUT2D eigenvalue weighted by molar-refractivity contribution is -0.145. The molecule has 6 rings (SSSR count). The fourth-order valence-electron chi connectivity index (χ4n) is 4.94. The van der Waals surface area contributed by atoms with Gasteiger partial charge >= 0.3 is 6.18 Å². The van der Waals surface area contributed by atoms with Gasteiger partial charge in [0.2, 0.25) is 21.8 Å². The molecule has 3 aromatic rings. The highest BCUT2D eigenvalue weighted by molar-refractivity contribution is 7.89. The Labute approximate surface area is 221 Å². The van der Waals surface area contributed by atoms with E-state index in [1.807, 2.05) is 0 Å². The van der Waals surface area contributed by atoms with Crippen LogP contribution in [0.4, 0.5) is 17.6 Å². The maximum Gasteiger partial charge on any atom is 0.451 e. The van der Waals surface area contributed by atoms with E-state index >= 15 is 0 Å². The van der Waals surface area contributed by atoms with Crippen LogP contribution >= 0.6 is 0 Å². The van der Waals surface area contributed by atoms with Gasteiger partial charge in [-0.05, 0) is 66.9 Å². The van der Waals surface area contributed by atoms with E-state index in [1.54, 1.807) is 6.07 Å². The number of nitrogens with one attached hydrogen (secondary N) is 1. The van der Waals surface area contributed by atoms with E-state index < -0.39 is 39.8 Å². The minimum Gasteiger partial charge on any atom is -0.351 e. The van der Waals surface area contributed by atoms with Crippen molar-refractivity contribution in [1.29, 1.82) is 0 Å². The molecule has 1 amide bonds. The summed E-state index contributed by atoms with van der Waals surface area (Å²) >= 11 is 0. The number of rotatable bonds is 8. The second-order valence-corrected chi connectivity index (χ2v) is 11.2. The molecular formula is C25H22F4N6O3S. The summed E-state index contributed by atoms with van der Waals surface area (Å²) in [5, 5.41) is 2.79. The van der Waals surface area contributed by atoms with Crippen molar-refractivity contribution in [2.75, 3.05) is 0 Å². The normalized spacial score (nSPS) is 20.9. The van der Waals surface area contributed by atoms with E-state index in [1.165, 1.54) is 22.6 Å². The average Bonchev–Trinajstić information content (AvgIpc) is 3.46. The number of amides is 1. The highest BCUT2D eigenvalue weighted by Crippen LogP contribution is 2.48. The molecule has 4 heterocycles. The third-order valence-corrected chi connectivity index (χ3v) is 8.86. The standard InChI is InChI=1S/C25H22F4N6O3S/c1-30-9-16-11-31-21(17-12-33-24(34-13-17)25(27,28)29)8-15(16)10-32-23(36)22-14-6-19(7-14)35(22)39(37,38)20-4-2-18(26)3-5-20/h2-5,8,11-14,19,22H,1,6-7,9-10H2,(H,32,36)/t14?,19?,22-/m0/s1. The topological polar surface area (TPSA) is 118 Å². The first-order chi connectivity index (χ1) is 18.5. The maximum atomic E-state index is 13.4. The van der Waals surface area contributed by atoms with E-state index in [-0.39, 0.29) is 41.2 Å². The van der Waals surface area contributed by atoms with Crippen molar-refractivity contribution in [3.8, 4) is 11.3 Å². The number of carbonyl (C=O) groups excluding carboxylic acids is 1. The number of hydrogen-bond acceptors (Lipinski definition) is 7. The molecule has 0 radical (unpaired) electrons. The van der Waals surface area contributed by atoms with Gasteiger partial charge in [-0.2, -0.15) is 17.5 Å². The van der Waals surface area contributed by atoms with Gasteiger partial charge in [-0.3, -0.25) is 14.8 Å². The highest BCUT2D eigenvalue weighted by Gasteiger charge is 2.58. The lowest BCUT2D eigenvalue weighted by Crippen LogP contribution is -2.46. The molecule has 2 aromatic heterocycles. The van der Waals surface area contributed by atoms with Gasteiger partial charge in [0, 0.05) is 36.7 Å². The number of aliphatic imine (C=N–C) groups is 1. The predicted octanol–water partition coefficient (Wildman–Crippen LogP) is 3.37. The quantitative estimate of drug-likeness (QED) is 0.332. The number of alkyl halides is 3. The molecule has 0 unspecified atom stereocenters. The Morgan fingerprint density at radius 1 is 1.08 bits per heavy atom. The molecule has 39 heavy (non-hydrogen) atoms. The Morgan fingerprint density at radius 3 is 2.36 bits per heavy atom. The minimum absolute atomic E-state index is 0.0149. The number of aromatic nitrogens is 3. The van der Waals surface area contributed by atoms with E-state index in [4.69, 9.17) is 0 Å². The van der Waals surface area contributed by atoms with Gasteiger partial charge in [0.15, 0.2) is 0 Å². The van der Waals surface area contributed by atoms with E-state index in [0.29, 0.717) is 24.0 Å². The van der Waals surface area contributed by atoms with Crippen LogP contribution in [0.15, 0.2) is 58.8 Å². The fraction of sp³-hybridized carbons (Fsp3) is 0.320. The number of benzene rings is 1. The van der Waals surface area contributed by atoms with Gasteiger partial charge in [-0.25, -0.2) is 22.8 Å². The molecule has 9 nitrogen and oxygen atoms in total. The monoisotopic (exact) mass is 562 g/mol. The van der Waals surface area contributed by atoms with Crippen LogP contribution in [0.2, 0.25) is 0 Å². The molecular weight excluding hydrogens is 540 g/mol. The lowest BCUT2D eigenvalue weighted by atomic mass is 9.83. The van der Waals surface area contributed by atoms with Crippen LogP contribution in [0.1, 0.15) is 29.8 Å². The summed E-state index contributed by atoms with van der Waals surface area (Å²) in [4.78, 5) is 28.0.